The molecule has 1 fully saturated rings. The van der Waals surface area contributed by atoms with Gasteiger partial charge >= 0.3 is 0 Å². The van der Waals surface area contributed by atoms with Gasteiger partial charge in [0.05, 0.1) is 7.11 Å². The maximum Gasteiger partial charge on any atom is 0.260 e. The highest BCUT2D eigenvalue weighted by Gasteiger charge is 2.23. The van der Waals surface area contributed by atoms with Crippen LogP contribution < -0.4 is 9.47 Å². The van der Waals surface area contributed by atoms with Crippen LogP contribution in [-0.2, 0) is 9.59 Å². The molecule has 0 atom stereocenters. The molecule has 6 heteroatoms. The predicted molar refractivity (Wildman–Crippen MR) is 107 cm³/mol. The lowest BCUT2D eigenvalue weighted by Crippen LogP contribution is -2.51. The first-order valence-electron chi connectivity index (χ1n) is 9.23. The maximum absolute atomic E-state index is 12.4. The van der Waals surface area contributed by atoms with Gasteiger partial charge in [0.2, 0.25) is 5.91 Å². The number of para-hydroxylation sites is 2. The molecule has 0 radical (unpaired) electrons. The molecule has 0 aliphatic carbocycles. The number of ether oxygens (including phenoxy) is 2. The van der Waals surface area contributed by atoms with E-state index in [2.05, 4.69) is 0 Å². The van der Waals surface area contributed by atoms with E-state index in [4.69, 9.17) is 9.47 Å². The first-order valence-corrected chi connectivity index (χ1v) is 9.23. The molecule has 146 valence electrons. The maximum atomic E-state index is 12.4. The fraction of sp³-hybridized carbons (Fsp3) is 0.273. The Bertz CT molecular complexity index is 827. The predicted octanol–water partition coefficient (Wildman–Crippen LogP) is 2.46. The lowest BCUT2D eigenvalue weighted by Gasteiger charge is -2.34. The smallest absolute Gasteiger partial charge is 0.260 e. The molecule has 2 amide bonds. The fourth-order valence-electron chi connectivity index (χ4n) is 2.98. The average Bonchev–Trinajstić information content (AvgIpc) is 2.76. The molecule has 1 aliphatic heterocycles. The topological polar surface area (TPSA) is 59.1 Å². The number of hydrogen-bond acceptors (Lipinski definition) is 4. The van der Waals surface area contributed by atoms with Gasteiger partial charge in [-0.15, -0.1) is 0 Å². The zero-order valence-corrected chi connectivity index (χ0v) is 15.9. The van der Waals surface area contributed by atoms with Crippen molar-refractivity contribution in [1.82, 2.24) is 9.80 Å². The van der Waals surface area contributed by atoms with Crippen molar-refractivity contribution < 1.29 is 19.1 Å². The van der Waals surface area contributed by atoms with E-state index in [1.54, 1.807) is 41.2 Å². The van der Waals surface area contributed by atoms with Gasteiger partial charge in [-0.2, -0.15) is 0 Å². The molecule has 0 N–H and O–H groups in total. The molecular formula is C22H24N2O4. The number of nitrogens with zero attached hydrogens (tertiary/aromatic N) is 2. The Labute approximate surface area is 165 Å². The number of hydrogen-bond donors (Lipinski definition) is 0. The number of methoxy groups -OCH3 is 1. The summed E-state index contributed by atoms with van der Waals surface area (Å²) >= 11 is 0. The Balaban J connectivity index is 1.46. The average molecular weight is 380 g/mol. The quantitative estimate of drug-likeness (QED) is 0.723. The summed E-state index contributed by atoms with van der Waals surface area (Å²) in [7, 11) is 1.56. The van der Waals surface area contributed by atoms with Crippen molar-refractivity contribution in [2.45, 2.75) is 0 Å². The van der Waals surface area contributed by atoms with Crippen LogP contribution in [0.1, 0.15) is 5.56 Å². The van der Waals surface area contributed by atoms with Crippen LogP contribution in [-0.4, -0.2) is 61.5 Å². The summed E-state index contributed by atoms with van der Waals surface area (Å²) in [6.07, 6.45) is 3.39. The lowest BCUT2D eigenvalue weighted by molar-refractivity contribution is -0.138. The summed E-state index contributed by atoms with van der Waals surface area (Å²) in [6, 6.07) is 16.9. The van der Waals surface area contributed by atoms with Crippen molar-refractivity contribution in [1.29, 1.82) is 0 Å². The normalized spacial score (nSPS) is 14.2. The summed E-state index contributed by atoms with van der Waals surface area (Å²) in [5.41, 5.74) is 0.984. The van der Waals surface area contributed by atoms with Crippen molar-refractivity contribution in [3.63, 3.8) is 0 Å². The van der Waals surface area contributed by atoms with Crippen molar-refractivity contribution in [3.05, 3.63) is 66.2 Å². The Morgan fingerprint density at radius 3 is 2.18 bits per heavy atom. The molecule has 28 heavy (non-hydrogen) atoms. The van der Waals surface area contributed by atoms with Crippen molar-refractivity contribution >= 4 is 17.9 Å². The second-order valence-corrected chi connectivity index (χ2v) is 6.39. The molecule has 6 nitrogen and oxygen atoms in total. The molecule has 1 saturated heterocycles. The molecule has 1 aliphatic rings. The van der Waals surface area contributed by atoms with E-state index in [0.29, 0.717) is 37.7 Å². The highest BCUT2D eigenvalue weighted by atomic mass is 16.5. The number of carbonyl (C=O) groups excluding carboxylic acids is 2. The van der Waals surface area contributed by atoms with Gasteiger partial charge in [0.1, 0.15) is 0 Å². The minimum absolute atomic E-state index is 0.0405. The third-order valence-corrected chi connectivity index (χ3v) is 4.58. The summed E-state index contributed by atoms with van der Waals surface area (Å²) in [5, 5.41) is 0. The molecule has 0 spiro atoms. The standard InChI is InChI=1S/C22H24N2O4/c1-27-19-9-5-6-10-20(19)28-17-22(26)24-15-13-23(14-16-24)21(25)12-11-18-7-3-2-4-8-18/h2-12H,13-17H2,1H3/b12-11+. The Morgan fingerprint density at radius 1 is 0.893 bits per heavy atom. The second-order valence-electron chi connectivity index (χ2n) is 6.39. The van der Waals surface area contributed by atoms with Gasteiger partial charge in [-0.3, -0.25) is 9.59 Å². The van der Waals surface area contributed by atoms with E-state index in [1.807, 2.05) is 42.5 Å². The number of amides is 2. The first-order chi connectivity index (χ1) is 13.7. The van der Waals surface area contributed by atoms with Gasteiger partial charge in [0.25, 0.3) is 5.91 Å². The summed E-state index contributed by atoms with van der Waals surface area (Å²) < 4.78 is 10.8. The summed E-state index contributed by atoms with van der Waals surface area (Å²) in [6.45, 7) is 1.97. The Hall–Kier alpha value is -3.28. The van der Waals surface area contributed by atoms with E-state index in [1.165, 1.54) is 0 Å². The van der Waals surface area contributed by atoms with E-state index in [9.17, 15) is 9.59 Å². The third kappa shape index (κ3) is 5.13. The zero-order valence-electron chi connectivity index (χ0n) is 15.9. The van der Waals surface area contributed by atoms with Gasteiger partial charge < -0.3 is 19.3 Å². The number of rotatable bonds is 6. The van der Waals surface area contributed by atoms with Gasteiger partial charge in [0, 0.05) is 32.3 Å². The van der Waals surface area contributed by atoms with Crippen molar-refractivity contribution in [2.24, 2.45) is 0 Å². The summed E-state index contributed by atoms with van der Waals surface area (Å²) in [4.78, 5) is 28.2. The van der Waals surface area contributed by atoms with Crippen molar-refractivity contribution in [2.75, 3.05) is 39.9 Å². The van der Waals surface area contributed by atoms with E-state index in [0.717, 1.165) is 5.56 Å². The van der Waals surface area contributed by atoms with Gasteiger partial charge in [0.15, 0.2) is 18.1 Å². The van der Waals surface area contributed by atoms with Gasteiger partial charge in [-0.1, -0.05) is 42.5 Å². The van der Waals surface area contributed by atoms with Crippen LogP contribution in [0.25, 0.3) is 6.08 Å². The van der Waals surface area contributed by atoms with E-state index >= 15 is 0 Å². The number of carbonyl (C=O) groups is 2. The largest absolute Gasteiger partial charge is 0.493 e. The minimum Gasteiger partial charge on any atom is -0.493 e. The van der Waals surface area contributed by atoms with E-state index < -0.39 is 0 Å². The van der Waals surface area contributed by atoms with Crippen molar-refractivity contribution in [3.8, 4) is 11.5 Å². The second kappa shape index (κ2) is 9.60. The molecule has 0 unspecified atom stereocenters. The fourth-order valence-corrected chi connectivity index (χ4v) is 2.98. The minimum atomic E-state index is -0.0992. The van der Waals surface area contributed by atoms with Crippen LogP contribution >= 0.6 is 0 Å². The first kappa shape index (κ1) is 19.5. The van der Waals surface area contributed by atoms with E-state index in [-0.39, 0.29) is 18.4 Å². The van der Waals surface area contributed by atoms with Crippen LogP contribution in [0.15, 0.2) is 60.7 Å². The van der Waals surface area contributed by atoms with Crippen LogP contribution in [0.3, 0.4) is 0 Å². The zero-order chi connectivity index (χ0) is 19.8. The Kier molecular flexibility index (Phi) is 6.68. The molecule has 2 aromatic rings. The van der Waals surface area contributed by atoms with Gasteiger partial charge in [-0.25, -0.2) is 0 Å². The highest BCUT2D eigenvalue weighted by Crippen LogP contribution is 2.25. The molecule has 0 saturated carbocycles. The van der Waals surface area contributed by atoms with Crippen LogP contribution in [0.2, 0.25) is 0 Å². The van der Waals surface area contributed by atoms with Gasteiger partial charge in [-0.05, 0) is 23.8 Å². The van der Waals surface area contributed by atoms with Crippen LogP contribution in [0.4, 0.5) is 0 Å². The molecule has 1 heterocycles. The lowest BCUT2D eigenvalue weighted by atomic mass is 10.2. The third-order valence-electron chi connectivity index (χ3n) is 4.58. The Morgan fingerprint density at radius 2 is 1.50 bits per heavy atom. The highest BCUT2D eigenvalue weighted by molar-refractivity contribution is 5.92. The number of piperazine rings is 1. The molecular weight excluding hydrogens is 356 g/mol. The molecule has 0 bridgehead atoms. The molecule has 2 aromatic carbocycles. The van der Waals surface area contributed by atoms with Crippen LogP contribution in [0.5, 0.6) is 11.5 Å². The molecule has 3 rings (SSSR count). The SMILES string of the molecule is COc1ccccc1OCC(=O)N1CCN(C(=O)/C=C/c2ccccc2)CC1. The van der Waals surface area contributed by atoms with Crippen LogP contribution in [0, 0.1) is 0 Å². The monoisotopic (exact) mass is 380 g/mol. The number of benzene rings is 2. The summed E-state index contributed by atoms with van der Waals surface area (Å²) in [5.74, 6) is 0.994. The molecule has 0 aromatic heterocycles.